The molecule has 2 aliphatic heterocycles. The molecule has 78 heavy (non-hydrogen) atoms. The third kappa shape index (κ3) is 6.21. The Balaban J connectivity index is 0.823. The summed E-state index contributed by atoms with van der Waals surface area (Å²) in [6.07, 6.45) is 13.0. The SMILES string of the molecule is C1=CC(c2ccccc2)(c2ccccc2)Oc2c1c1c(c3sc4ccccc4c23)-c2ccc(-c3cccc(C4(c5ccccc5)C=Cc5c6c(c7oc8ccc9ccccc9c8c7c5O4)-c4ccccc4CC6)c3)cc2CC1. The van der Waals surface area contributed by atoms with Crippen molar-refractivity contribution in [2.45, 2.75) is 36.9 Å². The molecule has 0 N–H and O–H groups in total. The van der Waals surface area contributed by atoms with Crippen molar-refractivity contribution in [3.8, 4) is 44.9 Å². The van der Waals surface area contributed by atoms with Gasteiger partial charge in [0, 0.05) is 70.1 Å². The Kier molecular flexibility index (Phi) is 9.38. The maximum atomic E-state index is 7.91. The van der Waals surface area contributed by atoms with E-state index < -0.39 is 11.2 Å². The van der Waals surface area contributed by atoms with Gasteiger partial charge in [-0.05, 0) is 111 Å². The van der Waals surface area contributed by atoms with Gasteiger partial charge in [-0.15, -0.1) is 11.3 Å². The van der Waals surface area contributed by atoms with Crippen LogP contribution in [-0.4, -0.2) is 0 Å². The molecule has 17 rings (SSSR count). The summed E-state index contributed by atoms with van der Waals surface area (Å²) in [6, 6.07) is 79.1. The summed E-state index contributed by atoms with van der Waals surface area (Å²) in [6.45, 7) is 0. The molecule has 4 aliphatic rings. The zero-order chi connectivity index (χ0) is 51.1. The second-order valence-electron chi connectivity index (χ2n) is 21.5. The molecule has 0 fully saturated rings. The molecule has 0 spiro atoms. The van der Waals surface area contributed by atoms with Crippen LogP contribution in [0.4, 0.5) is 0 Å². The second kappa shape index (κ2) is 16.6. The first-order valence-electron chi connectivity index (χ1n) is 27.3. The summed E-state index contributed by atoms with van der Waals surface area (Å²) >= 11 is 1.89. The second-order valence-corrected chi connectivity index (χ2v) is 22.6. The van der Waals surface area contributed by atoms with E-state index in [9.17, 15) is 0 Å². The first-order valence-corrected chi connectivity index (χ1v) is 28.1. The lowest BCUT2D eigenvalue weighted by Gasteiger charge is -2.38. The van der Waals surface area contributed by atoms with Crippen molar-refractivity contribution in [1.29, 1.82) is 0 Å². The topological polar surface area (TPSA) is 31.6 Å². The monoisotopic (exact) mass is 1020 g/mol. The number of hydrogen-bond donors (Lipinski definition) is 0. The molecule has 368 valence electrons. The van der Waals surface area contributed by atoms with Crippen LogP contribution >= 0.6 is 11.3 Å². The fraction of sp³-hybridized carbons (Fsp3) is 0.0811. The van der Waals surface area contributed by atoms with Crippen LogP contribution in [0.15, 0.2) is 235 Å². The molecule has 0 saturated heterocycles. The average Bonchev–Trinajstić information content (AvgIpc) is 4.26. The molecule has 4 heteroatoms. The predicted molar refractivity (Wildman–Crippen MR) is 322 cm³/mol. The van der Waals surface area contributed by atoms with Gasteiger partial charge in [-0.1, -0.05) is 212 Å². The molecule has 2 aliphatic carbocycles. The minimum Gasteiger partial charge on any atom is -0.472 e. The van der Waals surface area contributed by atoms with Crippen LogP contribution in [0.3, 0.4) is 0 Å². The number of fused-ring (bicyclic) bond motifs is 22. The van der Waals surface area contributed by atoms with E-state index in [1.165, 1.54) is 81.2 Å². The summed E-state index contributed by atoms with van der Waals surface area (Å²) in [5, 5.41) is 6.89. The van der Waals surface area contributed by atoms with E-state index >= 15 is 0 Å². The van der Waals surface area contributed by atoms with Crippen LogP contribution in [-0.2, 0) is 36.9 Å². The highest BCUT2D eigenvalue weighted by Gasteiger charge is 2.43. The van der Waals surface area contributed by atoms with Crippen LogP contribution < -0.4 is 9.47 Å². The largest absolute Gasteiger partial charge is 0.472 e. The van der Waals surface area contributed by atoms with Crippen molar-refractivity contribution in [3.05, 3.63) is 286 Å². The summed E-state index contributed by atoms with van der Waals surface area (Å²) in [5.41, 5.74) is 19.5. The first kappa shape index (κ1) is 44.0. The van der Waals surface area contributed by atoms with E-state index in [0.29, 0.717) is 0 Å². The van der Waals surface area contributed by atoms with Crippen LogP contribution in [0.25, 0.3) is 98.4 Å². The minimum absolute atomic E-state index is 0.780. The van der Waals surface area contributed by atoms with Gasteiger partial charge in [-0.2, -0.15) is 0 Å². The molecule has 1 unspecified atom stereocenters. The minimum atomic E-state index is -0.945. The summed E-state index contributed by atoms with van der Waals surface area (Å²) < 4.78 is 25.2. The molecule has 3 nitrogen and oxygen atoms in total. The summed E-state index contributed by atoms with van der Waals surface area (Å²) in [4.78, 5) is 0. The number of benzene rings is 11. The fourth-order valence-corrected chi connectivity index (χ4v) is 15.2. The average molecular weight is 1020 g/mol. The molecule has 0 amide bonds. The van der Waals surface area contributed by atoms with Gasteiger partial charge < -0.3 is 13.9 Å². The molecule has 2 aromatic heterocycles. The summed E-state index contributed by atoms with van der Waals surface area (Å²) in [7, 11) is 0. The van der Waals surface area contributed by atoms with Crippen LogP contribution in [0.2, 0.25) is 0 Å². The van der Waals surface area contributed by atoms with Gasteiger partial charge in [0.2, 0.25) is 0 Å². The Morgan fingerprint density at radius 3 is 1.72 bits per heavy atom. The summed E-state index contributed by atoms with van der Waals surface area (Å²) in [5.74, 6) is 1.85. The first-order chi connectivity index (χ1) is 38.6. The number of furan rings is 1. The molecule has 13 aromatic rings. The molecule has 0 radical (unpaired) electrons. The maximum Gasteiger partial charge on any atom is 0.178 e. The molecule has 1 atom stereocenters. The Labute approximate surface area is 455 Å². The third-order valence-corrected chi connectivity index (χ3v) is 18.7. The molecule has 11 aromatic carbocycles. The van der Waals surface area contributed by atoms with Gasteiger partial charge in [-0.3, -0.25) is 0 Å². The number of ether oxygens (including phenoxy) is 2. The third-order valence-electron chi connectivity index (χ3n) is 17.5. The highest BCUT2D eigenvalue weighted by molar-refractivity contribution is 7.26. The quantitative estimate of drug-likeness (QED) is 0.172. The predicted octanol–water partition coefficient (Wildman–Crippen LogP) is 19.0. The number of rotatable bonds is 5. The number of thiophene rings is 1. The lowest BCUT2D eigenvalue weighted by atomic mass is 9.77. The van der Waals surface area contributed by atoms with Gasteiger partial charge in [0.25, 0.3) is 0 Å². The van der Waals surface area contributed by atoms with E-state index in [-0.39, 0.29) is 0 Å². The highest BCUT2D eigenvalue weighted by Crippen LogP contribution is 2.57. The van der Waals surface area contributed by atoms with Crippen LogP contribution in [0.5, 0.6) is 11.5 Å². The standard InChI is InChI=1S/C74H48O3S/c1-4-20-50(21-5-1)73(51-22-6-2-7-23-51)41-39-60-58-37-33-49-43-48(32-35-56(49)65(58)72-67(69(60)76-73)61-29-14-15-30-63(61)78-72)47-19-16-26-53(44-47)74(52-24-8-3-9-25-52)42-40-59-57-36-31-45-17-10-12-27-54(45)64(57)71-68(70(59)77-74)66-55-28-13-11-18-46(55)34-38-62(66)75-71/h1-30,32,34-35,38-44H,31,33,36-37H2. The van der Waals surface area contributed by atoms with Crippen LogP contribution in [0, 0.1) is 0 Å². The van der Waals surface area contributed by atoms with Crippen LogP contribution in [0.1, 0.15) is 55.6 Å². The van der Waals surface area contributed by atoms with Gasteiger partial charge in [-0.25, -0.2) is 0 Å². The molecular formula is C74H48O3S. The van der Waals surface area contributed by atoms with Crippen molar-refractivity contribution < 1.29 is 13.9 Å². The van der Waals surface area contributed by atoms with E-state index in [1.54, 1.807) is 0 Å². The van der Waals surface area contributed by atoms with Crippen molar-refractivity contribution in [2.75, 3.05) is 0 Å². The Morgan fingerprint density at radius 2 is 0.974 bits per heavy atom. The zero-order valence-electron chi connectivity index (χ0n) is 42.6. The Morgan fingerprint density at radius 1 is 0.397 bits per heavy atom. The zero-order valence-corrected chi connectivity index (χ0v) is 43.4. The van der Waals surface area contributed by atoms with Crippen molar-refractivity contribution in [2.24, 2.45) is 0 Å². The van der Waals surface area contributed by atoms with E-state index in [0.717, 1.165) is 97.9 Å². The van der Waals surface area contributed by atoms with Crippen molar-refractivity contribution in [1.82, 2.24) is 0 Å². The maximum absolute atomic E-state index is 7.91. The Hall–Kier alpha value is -9.22. The smallest absolute Gasteiger partial charge is 0.178 e. The van der Waals surface area contributed by atoms with Gasteiger partial charge in [0.05, 0.1) is 5.39 Å². The number of aryl methyl sites for hydroxylation is 2. The molecule has 0 bridgehead atoms. The normalized spacial score (nSPS) is 16.5. The fourth-order valence-electron chi connectivity index (χ4n) is 13.9. The van der Waals surface area contributed by atoms with Gasteiger partial charge >= 0.3 is 0 Å². The van der Waals surface area contributed by atoms with Gasteiger partial charge in [0.1, 0.15) is 22.7 Å². The van der Waals surface area contributed by atoms with Crippen molar-refractivity contribution >= 4 is 76.4 Å². The lowest BCUT2D eigenvalue weighted by Crippen LogP contribution is -2.34. The van der Waals surface area contributed by atoms with E-state index in [2.05, 4.69) is 243 Å². The number of hydrogen-bond acceptors (Lipinski definition) is 4. The van der Waals surface area contributed by atoms with E-state index in [1.807, 2.05) is 11.3 Å². The Bertz CT molecular complexity index is 4690. The molecule has 4 heterocycles. The van der Waals surface area contributed by atoms with Gasteiger partial charge in [0.15, 0.2) is 11.2 Å². The highest BCUT2D eigenvalue weighted by atomic mass is 32.1. The van der Waals surface area contributed by atoms with E-state index in [4.69, 9.17) is 13.9 Å². The lowest BCUT2D eigenvalue weighted by molar-refractivity contribution is 0.163. The van der Waals surface area contributed by atoms with Crippen molar-refractivity contribution in [3.63, 3.8) is 0 Å². The molecular weight excluding hydrogens is 969 g/mol. The molecule has 0 saturated carbocycles.